The van der Waals surface area contributed by atoms with E-state index in [1.807, 2.05) is 24.3 Å². The van der Waals surface area contributed by atoms with Crippen molar-refractivity contribution in [1.82, 2.24) is 20.2 Å². The molecule has 1 aromatic carbocycles. The molecule has 1 fully saturated rings. The summed E-state index contributed by atoms with van der Waals surface area (Å²) in [6.07, 6.45) is 2.38. The fourth-order valence-electron chi connectivity index (χ4n) is 2.82. The summed E-state index contributed by atoms with van der Waals surface area (Å²) >= 11 is 5.99. The van der Waals surface area contributed by atoms with Crippen molar-refractivity contribution in [3.8, 4) is 0 Å². The molecule has 8 heteroatoms. The van der Waals surface area contributed by atoms with E-state index in [4.69, 9.17) is 16.3 Å². The number of morpholine rings is 1. The first-order valence-corrected chi connectivity index (χ1v) is 9.48. The van der Waals surface area contributed by atoms with Crippen LogP contribution < -0.4 is 10.6 Å². The number of amides is 1. The van der Waals surface area contributed by atoms with Crippen molar-refractivity contribution < 1.29 is 9.53 Å². The van der Waals surface area contributed by atoms with Gasteiger partial charge in [-0.1, -0.05) is 23.7 Å². The molecule has 1 aromatic heterocycles. The van der Waals surface area contributed by atoms with Crippen molar-refractivity contribution >= 4 is 23.5 Å². The highest BCUT2D eigenvalue weighted by Gasteiger charge is 2.12. The van der Waals surface area contributed by atoms with Crippen molar-refractivity contribution in [2.45, 2.75) is 6.42 Å². The second-order valence-electron chi connectivity index (χ2n) is 6.28. The lowest BCUT2D eigenvalue weighted by Crippen LogP contribution is -2.41. The lowest BCUT2D eigenvalue weighted by Gasteiger charge is -2.26. The van der Waals surface area contributed by atoms with E-state index >= 15 is 0 Å². The Balaban J connectivity index is 1.43. The third kappa shape index (κ3) is 6.46. The van der Waals surface area contributed by atoms with Crippen molar-refractivity contribution in [2.75, 3.05) is 51.3 Å². The van der Waals surface area contributed by atoms with Gasteiger partial charge in [0.1, 0.15) is 5.69 Å². The number of nitrogens with zero attached hydrogens (tertiary/aromatic N) is 3. The molecule has 0 aliphatic carbocycles. The molecular weight excluding hydrogens is 366 g/mol. The molecule has 1 amide bonds. The number of hydrogen-bond acceptors (Lipinski definition) is 6. The Hall–Kier alpha value is -2.22. The van der Waals surface area contributed by atoms with Crippen LogP contribution in [0.2, 0.25) is 5.02 Å². The van der Waals surface area contributed by atoms with Gasteiger partial charge in [0.25, 0.3) is 5.91 Å². The topological polar surface area (TPSA) is 79.4 Å². The molecule has 27 heavy (non-hydrogen) atoms. The zero-order chi connectivity index (χ0) is 18.9. The molecule has 1 aliphatic rings. The van der Waals surface area contributed by atoms with Gasteiger partial charge in [-0.05, 0) is 30.2 Å². The van der Waals surface area contributed by atoms with Gasteiger partial charge in [0.05, 0.1) is 13.2 Å². The van der Waals surface area contributed by atoms with Gasteiger partial charge in [0, 0.05) is 43.9 Å². The molecule has 0 atom stereocenters. The van der Waals surface area contributed by atoms with Crippen LogP contribution in [0.4, 0.5) is 5.95 Å². The van der Waals surface area contributed by atoms with Crippen LogP contribution in [0.25, 0.3) is 0 Å². The van der Waals surface area contributed by atoms with E-state index in [-0.39, 0.29) is 5.91 Å². The number of carbonyl (C=O) groups excluding carboxylic acids is 1. The van der Waals surface area contributed by atoms with E-state index in [1.54, 1.807) is 12.3 Å². The average molecular weight is 390 g/mol. The van der Waals surface area contributed by atoms with Crippen LogP contribution in [0.15, 0.2) is 36.5 Å². The van der Waals surface area contributed by atoms with E-state index in [0.717, 1.165) is 49.9 Å². The summed E-state index contributed by atoms with van der Waals surface area (Å²) in [5, 5.41) is 6.78. The maximum atomic E-state index is 12.3. The first kappa shape index (κ1) is 19.5. The maximum absolute atomic E-state index is 12.3. The quantitative estimate of drug-likeness (QED) is 0.717. The Morgan fingerprint density at radius 1 is 1.22 bits per heavy atom. The van der Waals surface area contributed by atoms with Crippen LogP contribution >= 0.6 is 11.6 Å². The number of ether oxygens (including phenoxy) is 1. The van der Waals surface area contributed by atoms with Crippen LogP contribution in [0.1, 0.15) is 16.1 Å². The zero-order valence-electron chi connectivity index (χ0n) is 15.2. The first-order chi connectivity index (χ1) is 13.2. The minimum absolute atomic E-state index is 0.191. The van der Waals surface area contributed by atoms with Gasteiger partial charge < -0.3 is 15.4 Å². The molecule has 2 aromatic rings. The highest BCUT2D eigenvalue weighted by Crippen LogP contribution is 2.11. The van der Waals surface area contributed by atoms with Gasteiger partial charge >= 0.3 is 0 Å². The van der Waals surface area contributed by atoms with E-state index in [1.165, 1.54) is 0 Å². The highest BCUT2D eigenvalue weighted by atomic mass is 35.5. The Bertz CT molecular complexity index is 752. The molecule has 0 bridgehead atoms. The van der Waals surface area contributed by atoms with E-state index < -0.39 is 0 Å². The summed E-state index contributed by atoms with van der Waals surface area (Å²) in [7, 11) is 0. The van der Waals surface area contributed by atoms with Gasteiger partial charge in [0.2, 0.25) is 5.95 Å². The third-order valence-electron chi connectivity index (χ3n) is 4.29. The normalized spacial score (nSPS) is 14.7. The molecule has 7 nitrogen and oxygen atoms in total. The Morgan fingerprint density at radius 3 is 2.89 bits per heavy atom. The summed E-state index contributed by atoms with van der Waals surface area (Å²) in [5.74, 6) is 0.251. The average Bonchev–Trinajstić information content (AvgIpc) is 2.69. The summed E-state index contributed by atoms with van der Waals surface area (Å²) in [6.45, 7) is 5.37. The Morgan fingerprint density at radius 2 is 2.07 bits per heavy atom. The second kappa shape index (κ2) is 10.2. The van der Waals surface area contributed by atoms with Crippen molar-refractivity contribution in [2.24, 2.45) is 0 Å². The third-order valence-corrected chi connectivity index (χ3v) is 4.53. The predicted octanol–water partition coefficient (Wildman–Crippen LogP) is 1.85. The number of carbonyl (C=O) groups is 1. The fourth-order valence-corrected chi connectivity index (χ4v) is 3.04. The first-order valence-electron chi connectivity index (χ1n) is 9.10. The Kier molecular flexibility index (Phi) is 7.38. The van der Waals surface area contributed by atoms with Crippen molar-refractivity contribution in [3.63, 3.8) is 0 Å². The van der Waals surface area contributed by atoms with Crippen molar-refractivity contribution in [1.29, 1.82) is 0 Å². The molecule has 144 valence electrons. The minimum Gasteiger partial charge on any atom is -0.379 e. The standard InChI is InChI=1S/C19H24ClN5O2/c20-16-3-1-2-15(14-16)4-6-22-19-23-7-5-17(24-19)18(26)21-8-9-25-10-12-27-13-11-25/h1-3,5,7,14H,4,6,8-13H2,(H,21,26)(H,22,23,24). The number of benzene rings is 1. The molecule has 0 unspecified atom stereocenters. The van der Waals surface area contributed by atoms with Gasteiger partial charge in [-0.15, -0.1) is 0 Å². The number of hydrogen-bond donors (Lipinski definition) is 2. The smallest absolute Gasteiger partial charge is 0.270 e. The minimum atomic E-state index is -0.191. The van der Waals surface area contributed by atoms with E-state index in [0.29, 0.717) is 24.7 Å². The summed E-state index contributed by atoms with van der Waals surface area (Å²) < 4.78 is 5.32. The summed E-state index contributed by atoms with van der Waals surface area (Å²) in [5.41, 5.74) is 1.49. The molecule has 0 saturated carbocycles. The molecule has 2 heterocycles. The molecule has 0 radical (unpaired) electrons. The molecule has 0 spiro atoms. The predicted molar refractivity (Wildman–Crippen MR) is 105 cm³/mol. The van der Waals surface area contributed by atoms with Crippen LogP contribution in [-0.4, -0.2) is 66.7 Å². The van der Waals surface area contributed by atoms with Crippen LogP contribution in [-0.2, 0) is 11.2 Å². The monoisotopic (exact) mass is 389 g/mol. The summed E-state index contributed by atoms with van der Waals surface area (Å²) in [6, 6.07) is 9.35. The van der Waals surface area contributed by atoms with E-state index in [9.17, 15) is 4.79 Å². The molecule has 1 saturated heterocycles. The van der Waals surface area contributed by atoms with Gasteiger partial charge in [-0.3, -0.25) is 9.69 Å². The van der Waals surface area contributed by atoms with Crippen molar-refractivity contribution in [3.05, 3.63) is 52.8 Å². The van der Waals surface area contributed by atoms with Crippen LogP contribution in [0, 0.1) is 0 Å². The number of rotatable bonds is 8. The second-order valence-corrected chi connectivity index (χ2v) is 6.72. The highest BCUT2D eigenvalue weighted by molar-refractivity contribution is 6.30. The molecular formula is C19H24ClN5O2. The largest absolute Gasteiger partial charge is 0.379 e. The number of halogens is 1. The molecule has 1 aliphatic heterocycles. The number of nitrogens with one attached hydrogen (secondary N) is 2. The molecule has 3 rings (SSSR count). The summed E-state index contributed by atoms with van der Waals surface area (Å²) in [4.78, 5) is 23.0. The number of anilines is 1. The zero-order valence-corrected chi connectivity index (χ0v) is 15.9. The molecule has 2 N–H and O–H groups in total. The SMILES string of the molecule is O=C(NCCN1CCOCC1)c1ccnc(NCCc2cccc(Cl)c2)n1. The lowest BCUT2D eigenvalue weighted by atomic mass is 10.1. The Labute approximate surface area is 164 Å². The van der Waals surface area contributed by atoms with Gasteiger partial charge in [-0.2, -0.15) is 0 Å². The maximum Gasteiger partial charge on any atom is 0.270 e. The lowest BCUT2D eigenvalue weighted by molar-refractivity contribution is 0.0383. The van der Waals surface area contributed by atoms with Crippen LogP contribution in [0.5, 0.6) is 0 Å². The van der Waals surface area contributed by atoms with Gasteiger partial charge in [0.15, 0.2) is 0 Å². The number of aromatic nitrogens is 2. The van der Waals surface area contributed by atoms with Crippen LogP contribution in [0.3, 0.4) is 0 Å². The van der Waals surface area contributed by atoms with E-state index in [2.05, 4.69) is 25.5 Å². The van der Waals surface area contributed by atoms with Gasteiger partial charge in [-0.25, -0.2) is 9.97 Å². The fraction of sp³-hybridized carbons (Fsp3) is 0.421.